The van der Waals surface area contributed by atoms with Crippen LogP contribution in [0.4, 0.5) is 0 Å². The average molecular weight is 254 g/mol. The van der Waals surface area contributed by atoms with E-state index in [9.17, 15) is 9.59 Å². The first-order valence-corrected chi connectivity index (χ1v) is 6.10. The molecule has 18 heavy (non-hydrogen) atoms. The molecule has 1 aromatic rings. The molecule has 0 fully saturated rings. The molecule has 0 aliphatic carbocycles. The number of likely N-dealkylation sites (N-methyl/N-ethyl adjacent to an activating group) is 1. The minimum absolute atomic E-state index is 0.0802. The first kappa shape index (κ1) is 12.8. The maximum atomic E-state index is 12.1. The molecule has 100 valence electrons. The summed E-state index contributed by atoms with van der Waals surface area (Å²) < 4.78 is 2.89. The molecule has 2 heterocycles. The molecular weight excluding hydrogens is 236 g/mol. The first-order chi connectivity index (χ1) is 8.63. The molecule has 1 amide bonds. The molecule has 7 heteroatoms. The van der Waals surface area contributed by atoms with Crippen molar-refractivity contribution in [2.24, 2.45) is 0 Å². The molecule has 0 radical (unpaired) electrons. The zero-order valence-electron chi connectivity index (χ0n) is 10.8. The Morgan fingerprint density at radius 2 is 2.22 bits per heavy atom. The van der Waals surface area contributed by atoms with E-state index in [4.69, 9.17) is 4.84 Å². The predicted octanol–water partition coefficient (Wildman–Crippen LogP) is -0.209. The number of carbonyl (C=O) groups is 1. The summed E-state index contributed by atoms with van der Waals surface area (Å²) in [5.41, 5.74) is -0.204. The van der Waals surface area contributed by atoms with Crippen LogP contribution in [-0.2, 0) is 29.1 Å². The zero-order chi connectivity index (χ0) is 13.1. The van der Waals surface area contributed by atoms with Crippen LogP contribution in [0.1, 0.15) is 25.1 Å². The molecular formula is C11H18N4O3. The van der Waals surface area contributed by atoms with Gasteiger partial charge in [0.1, 0.15) is 12.4 Å². The van der Waals surface area contributed by atoms with Gasteiger partial charge in [-0.05, 0) is 12.8 Å². The van der Waals surface area contributed by atoms with Crippen molar-refractivity contribution in [2.75, 3.05) is 14.2 Å². The van der Waals surface area contributed by atoms with Gasteiger partial charge < -0.3 is 0 Å². The highest BCUT2D eigenvalue weighted by Crippen LogP contribution is 2.10. The molecule has 0 spiro atoms. The number of hydroxylamine groups is 2. The standard InChI is InChI=1S/C11H18N4O3/c1-13(18-2)10(16)8-15-11(17)14-7-5-3-4-6-9(14)12-15/h3-8H2,1-2H3. The van der Waals surface area contributed by atoms with Crippen LogP contribution in [0.2, 0.25) is 0 Å². The summed E-state index contributed by atoms with van der Waals surface area (Å²) in [4.78, 5) is 28.5. The SMILES string of the molecule is CON(C)C(=O)Cn1nc2n(c1=O)CCCCC2. The summed E-state index contributed by atoms with van der Waals surface area (Å²) in [7, 11) is 2.91. The van der Waals surface area contributed by atoms with E-state index in [0.29, 0.717) is 6.54 Å². The summed E-state index contributed by atoms with van der Waals surface area (Å²) >= 11 is 0. The highest BCUT2D eigenvalue weighted by Gasteiger charge is 2.18. The molecule has 1 aliphatic rings. The third-order valence-corrected chi connectivity index (χ3v) is 3.19. The van der Waals surface area contributed by atoms with E-state index in [-0.39, 0.29) is 18.1 Å². The number of carbonyl (C=O) groups excluding carboxylic acids is 1. The van der Waals surface area contributed by atoms with Gasteiger partial charge in [0.05, 0.1) is 7.11 Å². The van der Waals surface area contributed by atoms with Crippen LogP contribution in [0.5, 0.6) is 0 Å². The van der Waals surface area contributed by atoms with Crippen LogP contribution in [0, 0.1) is 0 Å². The lowest BCUT2D eigenvalue weighted by Gasteiger charge is -2.12. The molecule has 0 saturated carbocycles. The fourth-order valence-corrected chi connectivity index (χ4v) is 2.06. The molecule has 7 nitrogen and oxygen atoms in total. The normalized spacial score (nSPS) is 15.0. The Labute approximate surface area is 105 Å². The topological polar surface area (TPSA) is 69.4 Å². The van der Waals surface area contributed by atoms with E-state index in [0.717, 1.165) is 36.6 Å². The van der Waals surface area contributed by atoms with Gasteiger partial charge in [-0.2, -0.15) is 5.10 Å². The number of aryl methyl sites for hydroxylation is 1. The smallest absolute Gasteiger partial charge is 0.279 e. The summed E-state index contributed by atoms with van der Waals surface area (Å²) in [6, 6.07) is 0. The fraction of sp³-hybridized carbons (Fsp3) is 0.727. The number of amides is 1. The molecule has 0 unspecified atom stereocenters. The Bertz CT molecular complexity index is 491. The summed E-state index contributed by atoms with van der Waals surface area (Å²) in [5, 5.41) is 5.33. The monoisotopic (exact) mass is 254 g/mol. The van der Waals surface area contributed by atoms with Crippen molar-refractivity contribution in [1.29, 1.82) is 0 Å². The molecule has 0 aromatic carbocycles. The third-order valence-electron chi connectivity index (χ3n) is 3.19. The molecule has 0 bridgehead atoms. The Morgan fingerprint density at radius 1 is 1.44 bits per heavy atom. The molecule has 1 aliphatic heterocycles. The van der Waals surface area contributed by atoms with Crippen LogP contribution < -0.4 is 5.69 Å². The lowest BCUT2D eigenvalue weighted by molar-refractivity contribution is -0.169. The second-order valence-corrected chi connectivity index (χ2v) is 4.39. The number of hydrogen-bond acceptors (Lipinski definition) is 4. The summed E-state index contributed by atoms with van der Waals surface area (Å²) in [5.74, 6) is 0.484. The van der Waals surface area contributed by atoms with Gasteiger partial charge in [-0.25, -0.2) is 14.5 Å². The van der Waals surface area contributed by atoms with Crippen molar-refractivity contribution >= 4 is 5.91 Å². The predicted molar refractivity (Wildman–Crippen MR) is 63.8 cm³/mol. The van der Waals surface area contributed by atoms with Crippen molar-refractivity contribution in [2.45, 2.75) is 38.8 Å². The largest absolute Gasteiger partial charge is 0.346 e. The molecule has 0 N–H and O–H groups in total. The highest BCUT2D eigenvalue weighted by atomic mass is 16.7. The second-order valence-electron chi connectivity index (χ2n) is 4.39. The van der Waals surface area contributed by atoms with E-state index in [1.54, 1.807) is 4.57 Å². The highest BCUT2D eigenvalue weighted by molar-refractivity contribution is 5.74. The van der Waals surface area contributed by atoms with Crippen molar-refractivity contribution < 1.29 is 9.63 Å². The number of aromatic nitrogens is 3. The minimum atomic E-state index is -0.298. The maximum Gasteiger partial charge on any atom is 0.346 e. The number of fused-ring (bicyclic) bond motifs is 1. The van der Waals surface area contributed by atoms with Crippen LogP contribution in [0.3, 0.4) is 0 Å². The molecule has 0 atom stereocenters. The Kier molecular flexibility index (Phi) is 3.81. The van der Waals surface area contributed by atoms with Gasteiger partial charge in [0.15, 0.2) is 0 Å². The van der Waals surface area contributed by atoms with Crippen LogP contribution in [-0.4, -0.2) is 39.5 Å². The van der Waals surface area contributed by atoms with E-state index in [1.807, 2.05) is 0 Å². The number of nitrogens with zero attached hydrogens (tertiary/aromatic N) is 4. The maximum absolute atomic E-state index is 12.1. The zero-order valence-corrected chi connectivity index (χ0v) is 10.8. The van der Waals surface area contributed by atoms with Crippen LogP contribution >= 0.6 is 0 Å². The summed E-state index contributed by atoms with van der Waals surface area (Å²) in [6.07, 6.45) is 3.96. The lowest BCUT2D eigenvalue weighted by atomic mass is 10.2. The molecule has 0 saturated heterocycles. The average Bonchev–Trinajstić information content (AvgIpc) is 2.57. The van der Waals surface area contributed by atoms with Crippen molar-refractivity contribution in [3.05, 3.63) is 16.3 Å². The van der Waals surface area contributed by atoms with Gasteiger partial charge in [-0.15, -0.1) is 0 Å². The van der Waals surface area contributed by atoms with Crippen molar-refractivity contribution in [1.82, 2.24) is 19.4 Å². The minimum Gasteiger partial charge on any atom is -0.279 e. The summed E-state index contributed by atoms with van der Waals surface area (Å²) in [6.45, 7) is 0.617. The number of rotatable bonds is 3. The van der Waals surface area contributed by atoms with Gasteiger partial charge in [-0.3, -0.25) is 14.2 Å². The fourth-order valence-electron chi connectivity index (χ4n) is 2.06. The Balaban J connectivity index is 2.20. The van der Waals surface area contributed by atoms with Crippen LogP contribution in [0.25, 0.3) is 0 Å². The van der Waals surface area contributed by atoms with Gasteiger partial charge >= 0.3 is 5.69 Å². The molecule has 2 rings (SSSR count). The number of hydrogen-bond donors (Lipinski definition) is 0. The van der Waals surface area contributed by atoms with E-state index < -0.39 is 0 Å². The lowest BCUT2D eigenvalue weighted by Crippen LogP contribution is -2.34. The first-order valence-electron chi connectivity index (χ1n) is 6.10. The van der Waals surface area contributed by atoms with E-state index >= 15 is 0 Å². The third kappa shape index (κ3) is 2.45. The van der Waals surface area contributed by atoms with Gasteiger partial charge in [0, 0.05) is 20.0 Å². The van der Waals surface area contributed by atoms with Crippen molar-refractivity contribution in [3.8, 4) is 0 Å². The molecule has 1 aromatic heterocycles. The van der Waals surface area contributed by atoms with Gasteiger partial charge in [0.2, 0.25) is 0 Å². The van der Waals surface area contributed by atoms with Crippen LogP contribution in [0.15, 0.2) is 4.79 Å². The Hall–Kier alpha value is -1.63. The van der Waals surface area contributed by atoms with E-state index in [2.05, 4.69) is 5.10 Å². The Morgan fingerprint density at radius 3 is 2.94 bits per heavy atom. The van der Waals surface area contributed by atoms with E-state index in [1.165, 1.54) is 18.8 Å². The van der Waals surface area contributed by atoms with Gasteiger partial charge in [0.25, 0.3) is 5.91 Å². The van der Waals surface area contributed by atoms with Crippen molar-refractivity contribution in [3.63, 3.8) is 0 Å². The second kappa shape index (κ2) is 5.34. The van der Waals surface area contributed by atoms with Gasteiger partial charge in [-0.1, -0.05) is 6.42 Å². The quantitative estimate of drug-likeness (QED) is 0.700.